The fourth-order valence-electron chi connectivity index (χ4n) is 0.677. The number of rotatable bonds is 7. The van der Waals surface area contributed by atoms with Crippen molar-refractivity contribution in [3.05, 3.63) is 0 Å². The van der Waals surface area contributed by atoms with Crippen molar-refractivity contribution in [1.29, 1.82) is 0 Å². The fraction of sp³-hybridized carbons (Fsp3) is 1.00. The van der Waals surface area contributed by atoms with Gasteiger partial charge in [0, 0.05) is 26.0 Å². The molecule has 1 unspecified atom stereocenters. The third kappa shape index (κ3) is 8.17. The van der Waals surface area contributed by atoms with Crippen LogP contribution in [0.25, 0.3) is 0 Å². The highest BCUT2D eigenvalue weighted by atomic mass is 32.2. The summed E-state index contributed by atoms with van der Waals surface area (Å²) in [6, 6.07) is 0. The largest absolute Gasteiger partial charge is 0.380 e. The summed E-state index contributed by atoms with van der Waals surface area (Å²) >= 11 is 1.96. The van der Waals surface area contributed by atoms with Gasteiger partial charge in [0.25, 0.3) is 0 Å². The van der Waals surface area contributed by atoms with Gasteiger partial charge in [-0.05, 0) is 12.7 Å². The van der Waals surface area contributed by atoms with Gasteiger partial charge in [-0.15, -0.1) is 0 Å². The molecule has 0 heterocycles. The van der Waals surface area contributed by atoms with Gasteiger partial charge in [-0.2, -0.15) is 11.8 Å². The zero-order chi connectivity index (χ0) is 8.53. The van der Waals surface area contributed by atoms with Crippen molar-refractivity contribution in [1.82, 2.24) is 5.32 Å². The van der Waals surface area contributed by atoms with Crippen LogP contribution in [0.5, 0.6) is 0 Å². The van der Waals surface area contributed by atoms with E-state index >= 15 is 0 Å². The Hall–Kier alpha value is 0.270. The second kappa shape index (κ2) is 8.37. The predicted octanol–water partition coefficient (Wildman–Crippen LogP) is 1.36. The third-order valence-electron chi connectivity index (χ3n) is 1.46. The van der Waals surface area contributed by atoms with Crippen LogP contribution in [-0.2, 0) is 4.74 Å². The second-order valence-corrected chi connectivity index (χ2v) is 3.84. The lowest BCUT2D eigenvalue weighted by atomic mass is 10.4. The highest BCUT2D eigenvalue weighted by Gasteiger charge is 1.96. The molecule has 1 atom stereocenters. The molecule has 0 rings (SSSR count). The van der Waals surface area contributed by atoms with Crippen LogP contribution in [0.1, 0.15) is 13.8 Å². The monoisotopic (exact) mass is 177 g/mol. The zero-order valence-electron chi connectivity index (χ0n) is 7.72. The smallest absolute Gasteiger partial charge is 0.0667 e. The first-order valence-electron chi connectivity index (χ1n) is 4.12. The van der Waals surface area contributed by atoms with E-state index in [9.17, 15) is 0 Å². The van der Waals surface area contributed by atoms with Crippen molar-refractivity contribution >= 4 is 11.8 Å². The number of nitrogens with one attached hydrogen (secondary N) is 1. The molecule has 0 fully saturated rings. The Morgan fingerprint density at radius 2 is 2.27 bits per heavy atom. The molecular weight excluding hydrogens is 158 g/mol. The fourth-order valence-corrected chi connectivity index (χ4v) is 1.25. The van der Waals surface area contributed by atoms with E-state index in [2.05, 4.69) is 19.2 Å². The summed E-state index contributed by atoms with van der Waals surface area (Å²) in [5.74, 6) is 2.41. The standard InChI is InChI=1S/C8H19NOS/c1-4-11-6-5-9-7-8(2)10-3/h8-9H,4-7H2,1-3H3. The van der Waals surface area contributed by atoms with Crippen LogP contribution in [-0.4, -0.2) is 37.8 Å². The van der Waals surface area contributed by atoms with E-state index in [1.54, 1.807) is 7.11 Å². The van der Waals surface area contributed by atoms with Crippen LogP contribution in [0, 0.1) is 0 Å². The molecule has 0 aromatic carbocycles. The number of methoxy groups -OCH3 is 1. The molecule has 1 N–H and O–H groups in total. The zero-order valence-corrected chi connectivity index (χ0v) is 8.54. The lowest BCUT2D eigenvalue weighted by Gasteiger charge is -2.09. The van der Waals surface area contributed by atoms with Crippen LogP contribution >= 0.6 is 11.8 Å². The highest BCUT2D eigenvalue weighted by Crippen LogP contribution is 1.95. The van der Waals surface area contributed by atoms with Crippen molar-refractivity contribution < 1.29 is 4.74 Å². The molecule has 0 saturated heterocycles. The first kappa shape index (κ1) is 11.3. The van der Waals surface area contributed by atoms with Crippen molar-refractivity contribution in [3.63, 3.8) is 0 Å². The average molecular weight is 177 g/mol. The lowest BCUT2D eigenvalue weighted by Crippen LogP contribution is -2.27. The van der Waals surface area contributed by atoms with E-state index in [1.165, 1.54) is 11.5 Å². The van der Waals surface area contributed by atoms with E-state index < -0.39 is 0 Å². The van der Waals surface area contributed by atoms with Crippen molar-refractivity contribution in [2.45, 2.75) is 20.0 Å². The highest BCUT2D eigenvalue weighted by molar-refractivity contribution is 7.99. The molecule has 0 amide bonds. The Kier molecular flexibility index (Phi) is 8.57. The molecule has 3 heteroatoms. The van der Waals surface area contributed by atoms with E-state index in [0.717, 1.165) is 13.1 Å². The minimum absolute atomic E-state index is 0.335. The molecule has 68 valence electrons. The number of thioether (sulfide) groups is 1. The minimum Gasteiger partial charge on any atom is -0.380 e. The van der Waals surface area contributed by atoms with Gasteiger partial charge in [-0.3, -0.25) is 0 Å². The van der Waals surface area contributed by atoms with E-state index in [1.807, 2.05) is 11.8 Å². The van der Waals surface area contributed by atoms with Crippen molar-refractivity contribution in [2.24, 2.45) is 0 Å². The van der Waals surface area contributed by atoms with Crippen LogP contribution in [0.4, 0.5) is 0 Å². The SMILES string of the molecule is CCSCCNCC(C)OC. The third-order valence-corrected chi connectivity index (χ3v) is 2.36. The number of hydrogen-bond donors (Lipinski definition) is 1. The van der Waals surface area contributed by atoms with Crippen LogP contribution < -0.4 is 5.32 Å². The summed E-state index contributed by atoms with van der Waals surface area (Å²) < 4.78 is 5.09. The first-order chi connectivity index (χ1) is 5.31. The maximum atomic E-state index is 5.09. The van der Waals surface area contributed by atoms with Gasteiger partial charge >= 0.3 is 0 Å². The lowest BCUT2D eigenvalue weighted by molar-refractivity contribution is 0.118. The van der Waals surface area contributed by atoms with E-state index in [-0.39, 0.29) is 0 Å². The molecule has 0 aromatic heterocycles. The molecule has 11 heavy (non-hydrogen) atoms. The van der Waals surface area contributed by atoms with Crippen LogP contribution in [0.2, 0.25) is 0 Å². The quantitative estimate of drug-likeness (QED) is 0.593. The number of hydrogen-bond acceptors (Lipinski definition) is 3. The maximum absolute atomic E-state index is 5.09. The summed E-state index contributed by atoms with van der Waals surface area (Å²) in [5.41, 5.74) is 0. The Bertz CT molecular complexity index is 80.5. The molecule has 0 aromatic rings. The topological polar surface area (TPSA) is 21.3 Å². The van der Waals surface area contributed by atoms with Crippen molar-refractivity contribution in [2.75, 3.05) is 31.7 Å². The second-order valence-electron chi connectivity index (χ2n) is 2.45. The Morgan fingerprint density at radius 3 is 2.82 bits per heavy atom. The van der Waals surface area contributed by atoms with Gasteiger partial charge in [0.05, 0.1) is 6.10 Å². The summed E-state index contributed by atoms with van der Waals surface area (Å²) in [5, 5.41) is 3.33. The Labute approximate surface area is 74.1 Å². The first-order valence-corrected chi connectivity index (χ1v) is 5.28. The molecule has 0 aliphatic carbocycles. The molecule has 0 bridgehead atoms. The Balaban J connectivity index is 2.89. The van der Waals surface area contributed by atoms with E-state index in [4.69, 9.17) is 4.74 Å². The van der Waals surface area contributed by atoms with Gasteiger partial charge < -0.3 is 10.1 Å². The minimum atomic E-state index is 0.335. The summed E-state index contributed by atoms with van der Waals surface area (Å²) in [4.78, 5) is 0. The number of ether oxygens (including phenoxy) is 1. The predicted molar refractivity (Wildman–Crippen MR) is 52.3 cm³/mol. The van der Waals surface area contributed by atoms with Crippen molar-refractivity contribution in [3.8, 4) is 0 Å². The molecule has 0 saturated carbocycles. The summed E-state index contributed by atoms with van der Waals surface area (Å²) in [6.45, 7) is 6.30. The summed E-state index contributed by atoms with van der Waals surface area (Å²) in [7, 11) is 1.74. The average Bonchev–Trinajstić information content (AvgIpc) is 2.04. The normalized spacial score (nSPS) is 13.4. The molecule has 0 aliphatic rings. The molecular formula is C8H19NOS. The van der Waals surface area contributed by atoms with Gasteiger partial charge in [-0.25, -0.2) is 0 Å². The molecule has 0 aliphatic heterocycles. The van der Waals surface area contributed by atoms with E-state index in [0.29, 0.717) is 6.10 Å². The van der Waals surface area contributed by atoms with Crippen LogP contribution in [0.3, 0.4) is 0 Å². The van der Waals surface area contributed by atoms with Gasteiger partial charge in [0.15, 0.2) is 0 Å². The molecule has 0 radical (unpaired) electrons. The summed E-state index contributed by atoms with van der Waals surface area (Å²) in [6.07, 6.45) is 0.335. The van der Waals surface area contributed by atoms with Crippen LogP contribution in [0.15, 0.2) is 0 Å². The van der Waals surface area contributed by atoms with Gasteiger partial charge in [0.1, 0.15) is 0 Å². The molecule has 0 spiro atoms. The Morgan fingerprint density at radius 1 is 1.55 bits per heavy atom. The molecule has 2 nitrogen and oxygen atoms in total. The van der Waals surface area contributed by atoms with Gasteiger partial charge in [0.2, 0.25) is 0 Å². The van der Waals surface area contributed by atoms with Gasteiger partial charge in [-0.1, -0.05) is 6.92 Å². The maximum Gasteiger partial charge on any atom is 0.0667 e.